The second-order valence-corrected chi connectivity index (χ2v) is 9.46. The average molecular weight is 459 g/mol. The maximum atomic E-state index is 14.8. The van der Waals surface area contributed by atoms with Gasteiger partial charge in [0.05, 0.1) is 11.6 Å². The zero-order valence-electron chi connectivity index (χ0n) is 17.5. The van der Waals surface area contributed by atoms with Crippen LogP contribution >= 0.6 is 11.6 Å². The molecule has 1 aromatic carbocycles. The third-order valence-corrected chi connectivity index (χ3v) is 7.81. The molecule has 6 rings (SSSR count). The van der Waals surface area contributed by atoms with E-state index in [4.69, 9.17) is 21.3 Å². The molecule has 9 heteroatoms. The number of amides is 1. The highest BCUT2D eigenvalue weighted by Crippen LogP contribution is 2.53. The number of fused-ring (bicyclic) bond motifs is 2. The number of pyridine rings is 1. The lowest BCUT2D eigenvalue weighted by Crippen LogP contribution is -2.64. The van der Waals surface area contributed by atoms with Gasteiger partial charge in [-0.2, -0.15) is 0 Å². The SMILES string of the molecule is O=C1c2c(N3CCC34CCC4)nc(-c3c(O)cccc3F)c(Cl)c2OC[C@H]2CNCCN12. The Morgan fingerprint density at radius 2 is 2.09 bits per heavy atom. The smallest absolute Gasteiger partial charge is 0.261 e. The molecule has 1 spiro atoms. The zero-order valence-corrected chi connectivity index (χ0v) is 18.3. The number of carbonyl (C=O) groups excluding carboxylic acids is 1. The van der Waals surface area contributed by atoms with Crippen molar-refractivity contribution in [2.24, 2.45) is 0 Å². The van der Waals surface area contributed by atoms with E-state index in [1.54, 1.807) is 0 Å². The van der Waals surface area contributed by atoms with Crippen molar-refractivity contribution in [2.45, 2.75) is 37.3 Å². The number of carbonyl (C=O) groups is 1. The van der Waals surface area contributed by atoms with Gasteiger partial charge in [-0.25, -0.2) is 9.37 Å². The summed E-state index contributed by atoms with van der Waals surface area (Å²) in [7, 11) is 0. The van der Waals surface area contributed by atoms with Gasteiger partial charge in [-0.3, -0.25) is 4.79 Å². The Morgan fingerprint density at radius 3 is 2.78 bits per heavy atom. The van der Waals surface area contributed by atoms with Crippen LogP contribution in [0.4, 0.5) is 10.2 Å². The monoisotopic (exact) mass is 458 g/mol. The largest absolute Gasteiger partial charge is 0.507 e. The Bertz CT molecular complexity index is 1100. The van der Waals surface area contributed by atoms with Gasteiger partial charge < -0.3 is 25.0 Å². The van der Waals surface area contributed by atoms with E-state index in [0.717, 1.165) is 32.2 Å². The van der Waals surface area contributed by atoms with Crippen molar-refractivity contribution < 1.29 is 19.0 Å². The number of nitrogens with one attached hydrogen (secondary N) is 1. The molecule has 1 amide bonds. The van der Waals surface area contributed by atoms with Crippen molar-refractivity contribution >= 4 is 23.3 Å². The summed E-state index contributed by atoms with van der Waals surface area (Å²) in [4.78, 5) is 22.5. The Balaban J connectivity index is 1.58. The number of hydrogen-bond donors (Lipinski definition) is 2. The van der Waals surface area contributed by atoms with Gasteiger partial charge in [-0.05, 0) is 37.8 Å². The summed E-state index contributed by atoms with van der Waals surface area (Å²) < 4.78 is 20.9. The molecular formula is C23H24ClFN4O3. The van der Waals surface area contributed by atoms with Crippen LogP contribution in [0.1, 0.15) is 36.0 Å². The van der Waals surface area contributed by atoms with Crippen LogP contribution in [-0.2, 0) is 0 Å². The number of phenolic OH excluding ortho intramolecular Hbond substituents is 1. The van der Waals surface area contributed by atoms with E-state index >= 15 is 0 Å². The number of benzene rings is 1. The molecule has 0 unspecified atom stereocenters. The summed E-state index contributed by atoms with van der Waals surface area (Å²) in [6.45, 7) is 2.97. The molecule has 7 nitrogen and oxygen atoms in total. The summed E-state index contributed by atoms with van der Waals surface area (Å²) >= 11 is 6.73. The number of aromatic hydroxyl groups is 1. The molecule has 2 aromatic rings. The molecule has 2 N–H and O–H groups in total. The minimum atomic E-state index is -0.631. The van der Waals surface area contributed by atoms with Crippen molar-refractivity contribution in [3.8, 4) is 22.8 Å². The second kappa shape index (κ2) is 7.22. The van der Waals surface area contributed by atoms with Crippen LogP contribution in [0, 0.1) is 5.82 Å². The number of piperazine rings is 1. The lowest BCUT2D eigenvalue weighted by Gasteiger charge is -2.59. The minimum absolute atomic E-state index is 0.00140. The van der Waals surface area contributed by atoms with Crippen molar-refractivity contribution in [3.05, 3.63) is 34.6 Å². The lowest BCUT2D eigenvalue weighted by molar-refractivity contribution is 0.0605. The van der Waals surface area contributed by atoms with Crippen molar-refractivity contribution in [2.75, 3.05) is 37.7 Å². The number of hydrogen-bond acceptors (Lipinski definition) is 6. The van der Waals surface area contributed by atoms with Gasteiger partial charge >= 0.3 is 0 Å². The van der Waals surface area contributed by atoms with Crippen LogP contribution in [0.15, 0.2) is 18.2 Å². The molecule has 3 fully saturated rings. The molecule has 1 atom stereocenters. The molecule has 1 saturated carbocycles. The lowest BCUT2D eigenvalue weighted by atomic mass is 9.67. The highest BCUT2D eigenvalue weighted by atomic mass is 35.5. The minimum Gasteiger partial charge on any atom is -0.507 e. The topological polar surface area (TPSA) is 77.9 Å². The van der Waals surface area contributed by atoms with E-state index in [0.29, 0.717) is 31.0 Å². The van der Waals surface area contributed by atoms with Gasteiger partial charge in [0, 0.05) is 31.7 Å². The predicted molar refractivity (Wildman–Crippen MR) is 118 cm³/mol. The standard InChI is InChI=1S/C23H24ClFN4O3/c24-18-19(16-14(25)3-1-4-15(16)30)27-21(29-9-7-23(29)5-2-6-23)17-20(18)32-12-13-11-26-8-10-28(13)22(17)31/h1,3-4,13,26,30H,2,5-12H2/t13-/m1/s1. The van der Waals surface area contributed by atoms with Crippen molar-refractivity contribution in [1.82, 2.24) is 15.2 Å². The number of rotatable bonds is 2. The number of anilines is 1. The van der Waals surface area contributed by atoms with Gasteiger partial charge in [-0.15, -0.1) is 0 Å². The molecule has 0 bridgehead atoms. The average Bonchev–Trinajstić information content (AvgIpc) is 2.86. The molecule has 4 aliphatic rings. The van der Waals surface area contributed by atoms with E-state index in [1.165, 1.54) is 18.2 Å². The first-order chi connectivity index (χ1) is 15.5. The van der Waals surface area contributed by atoms with Crippen LogP contribution in [0.2, 0.25) is 5.02 Å². The molecule has 0 radical (unpaired) electrons. The van der Waals surface area contributed by atoms with Crippen molar-refractivity contribution in [3.63, 3.8) is 0 Å². The van der Waals surface area contributed by atoms with E-state index in [-0.39, 0.29) is 51.9 Å². The van der Waals surface area contributed by atoms with Gasteiger partial charge in [0.15, 0.2) is 5.75 Å². The maximum absolute atomic E-state index is 14.8. The van der Waals surface area contributed by atoms with E-state index in [9.17, 15) is 14.3 Å². The van der Waals surface area contributed by atoms with Gasteiger partial charge in [0.2, 0.25) is 0 Å². The number of halogens is 2. The third kappa shape index (κ3) is 2.75. The molecule has 1 aliphatic carbocycles. The van der Waals surface area contributed by atoms with Gasteiger partial charge in [0.1, 0.15) is 40.3 Å². The van der Waals surface area contributed by atoms with E-state index in [2.05, 4.69) is 10.2 Å². The highest BCUT2D eigenvalue weighted by Gasteiger charge is 2.52. The summed E-state index contributed by atoms with van der Waals surface area (Å²) in [6, 6.07) is 3.97. The molecular weight excluding hydrogens is 435 g/mol. The van der Waals surface area contributed by atoms with E-state index in [1.807, 2.05) is 4.90 Å². The predicted octanol–water partition coefficient (Wildman–Crippen LogP) is 3.19. The number of nitrogens with zero attached hydrogens (tertiary/aromatic N) is 3. The summed E-state index contributed by atoms with van der Waals surface area (Å²) in [6.07, 6.45) is 4.25. The van der Waals surface area contributed by atoms with Crippen LogP contribution in [0.3, 0.4) is 0 Å². The highest BCUT2D eigenvalue weighted by molar-refractivity contribution is 6.35. The first-order valence-electron chi connectivity index (χ1n) is 11.1. The Kier molecular flexibility index (Phi) is 4.52. The fourth-order valence-electron chi connectivity index (χ4n) is 5.44. The fourth-order valence-corrected chi connectivity index (χ4v) is 5.73. The summed E-state index contributed by atoms with van der Waals surface area (Å²) in [5, 5.41) is 13.8. The van der Waals surface area contributed by atoms with Crippen LogP contribution < -0.4 is 15.0 Å². The van der Waals surface area contributed by atoms with E-state index < -0.39 is 5.82 Å². The second-order valence-electron chi connectivity index (χ2n) is 9.08. The van der Waals surface area contributed by atoms with Crippen molar-refractivity contribution in [1.29, 1.82) is 0 Å². The molecule has 3 aliphatic heterocycles. The normalized spacial score (nSPS) is 23.6. The first-order valence-corrected chi connectivity index (χ1v) is 11.5. The molecule has 168 valence electrons. The fraction of sp³-hybridized carbons (Fsp3) is 0.478. The first kappa shape index (κ1) is 20.1. The number of phenols is 1. The zero-order chi connectivity index (χ0) is 22.0. The Morgan fingerprint density at radius 1 is 1.25 bits per heavy atom. The van der Waals surface area contributed by atoms with Crippen LogP contribution in [-0.4, -0.2) is 65.3 Å². The van der Waals surface area contributed by atoms with Crippen LogP contribution in [0.25, 0.3) is 11.3 Å². The third-order valence-electron chi connectivity index (χ3n) is 7.46. The summed E-state index contributed by atoms with van der Waals surface area (Å²) in [5.41, 5.74) is 0.371. The Hall–Kier alpha value is -2.58. The van der Waals surface area contributed by atoms with Crippen LogP contribution in [0.5, 0.6) is 11.5 Å². The van der Waals surface area contributed by atoms with Gasteiger partial charge in [-0.1, -0.05) is 17.7 Å². The number of aromatic nitrogens is 1. The quantitative estimate of drug-likeness (QED) is 0.719. The van der Waals surface area contributed by atoms with Gasteiger partial charge in [0.25, 0.3) is 5.91 Å². The molecule has 1 aromatic heterocycles. The summed E-state index contributed by atoms with van der Waals surface area (Å²) in [5.74, 6) is -0.325. The Labute approximate surface area is 190 Å². The number of ether oxygens (including phenoxy) is 1. The molecule has 2 saturated heterocycles. The molecule has 32 heavy (non-hydrogen) atoms. The maximum Gasteiger partial charge on any atom is 0.261 e. The molecule has 4 heterocycles.